The van der Waals surface area contributed by atoms with Crippen molar-refractivity contribution in [2.45, 2.75) is 68.0 Å². The van der Waals surface area contributed by atoms with Gasteiger partial charge in [-0.25, -0.2) is 0 Å². The highest BCUT2D eigenvalue weighted by Crippen LogP contribution is 2.40. The van der Waals surface area contributed by atoms with Crippen LogP contribution in [-0.4, -0.2) is 47.9 Å². The molecule has 0 bridgehead atoms. The molecule has 3 aliphatic rings. The van der Waals surface area contributed by atoms with E-state index in [-0.39, 0.29) is 41.2 Å². The van der Waals surface area contributed by atoms with Crippen LogP contribution < -0.4 is 16.0 Å². The van der Waals surface area contributed by atoms with Gasteiger partial charge in [0.15, 0.2) is 0 Å². The van der Waals surface area contributed by atoms with Gasteiger partial charge in [0, 0.05) is 22.8 Å². The number of carbonyl (C=O) groups is 2. The average Bonchev–Trinajstić information content (AvgIpc) is 3.15. The molecule has 1 saturated heterocycles. The lowest BCUT2D eigenvalue weighted by Crippen LogP contribution is -2.52. The maximum atomic E-state index is 13.0. The van der Waals surface area contributed by atoms with Crippen LogP contribution in [0.4, 0.5) is 5.69 Å². The number of nitrogens with one attached hydrogen (secondary N) is 3. The summed E-state index contributed by atoms with van der Waals surface area (Å²) >= 11 is 1.80. The second-order valence-corrected chi connectivity index (χ2v) is 10.1. The molecule has 2 aliphatic heterocycles. The van der Waals surface area contributed by atoms with Crippen molar-refractivity contribution >= 4 is 29.3 Å². The van der Waals surface area contributed by atoms with E-state index in [1.165, 1.54) is 4.90 Å². The lowest BCUT2D eigenvalue weighted by atomic mass is 9.98. The third-order valence-corrected chi connectivity index (χ3v) is 7.28. The normalized spacial score (nSPS) is 27.5. The Hall–Kier alpha value is -2.25. The van der Waals surface area contributed by atoms with Crippen LogP contribution in [0.2, 0.25) is 0 Å². The molecular formula is C24H31N3O3S. The number of hydrogen-bond acceptors (Lipinski definition) is 5. The summed E-state index contributed by atoms with van der Waals surface area (Å²) < 4.78 is 5.55. The number of benzene rings is 1. The van der Waals surface area contributed by atoms with Crippen molar-refractivity contribution in [1.29, 1.82) is 0 Å². The van der Waals surface area contributed by atoms with Gasteiger partial charge in [-0.1, -0.05) is 38.1 Å². The van der Waals surface area contributed by atoms with Crippen LogP contribution in [-0.2, 0) is 14.3 Å². The first kappa shape index (κ1) is 22.0. The first-order valence-electron chi connectivity index (χ1n) is 11.1. The van der Waals surface area contributed by atoms with Crippen molar-refractivity contribution in [3.05, 3.63) is 48.1 Å². The van der Waals surface area contributed by atoms with E-state index < -0.39 is 6.04 Å². The molecule has 166 valence electrons. The second-order valence-electron chi connectivity index (χ2n) is 8.87. The number of hydrogen-bond donors (Lipinski definition) is 3. The Labute approximate surface area is 188 Å². The predicted molar refractivity (Wildman–Crippen MR) is 124 cm³/mol. The smallest absolute Gasteiger partial charge is 0.251 e. The van der Waals surface area contributed by atoms with Crippen LogP contribution in [0.15, 0.2) is 53.0 Å². The largest absolute Gasteiger partial charge is 0.376 e. The zero-order valence-corrected chi connectivity index (χ0v) is 19.1. The Bertz CT molecular complexity index is 898. The number of rotatable bonds is 6. The van der Waals surface area contributed by atoms with Crippen molar-refractivity contribution in [3.8, 4) is 0 Å². The van der Waals surface area contributed by atoms with Gasteiger partial charge in [0.2, 0.25) is 5.91 Å². The van der Waals surface area contributed by atoms with Crippen LogP contribution in [0.25, 0.3) is 0 Å². The molecule has 7 heteroatoms. The van der Waals surface area contributed by atoms with Crippen molar-refractivity contribution in [2.24, 2.45) is 5.92 Å². The summed E-state index contributed by atoms with van der Waals surface area (Å²) in [5.41, 5.74) is 1.68. The summed E-state index contributed by atoms with van der Waals surface area (Å²) in [4.78, 5) is 27.2. The first-order chi connectivity index (χ1) is 14.9. The third-order valence-electron chi connectivity index (χ3n) is 5.95. The minimum absolute atomic E-state index is 0.00183. The molecule has 0 aromatic heterocycles. The molecule has 6 nitrogen and oxygen atoms in total. The van der Waals surface area contributed by atoms with Gasteiger partial charge in [0.25, 0.3) is 5.91 Å². The molecule has 2 heterocycles. The summed E-state index contributed by atoms with van der Waals surface area (Å²) in [7, 11) is 0. The zero-order valence-electron chi connectivity index (χ0n) is 18.3. The fourth-order valence-corrected chi connectivity index (χ4v) is 5.37. The fraction of sp³-hybridized carbons (Fsp3) is 0.500. The molecule has 1 aromatic carbocycles. The highest BCUT2D eigenvalue weighted by Gasteiger charge is 2.32. The Morgan fingerprint density at radius 1 is 1.29 bits per heavy atom. The maximum absolute atomic E-state index is 13.0. The van der Waals surface area contributed by atoms with E-state index in [2.05, 4.69) is 48.0 Å². The summed E-state index contributed by atoms with van der Waals surface area (Å²) in [5, 5.41) is 9.81. The third kappa shape index (κ3) is 5.15. The van der Waals surface area contributed by atoms with Gasteiger partial charge in [-0.3, -0.25) is 9.59 Å². The number of fused-ring (bicyclic) bond motifs is 2. The van der Waals surface area contributed by atoms with E-state index in [1.807, 2.05) is 31.2 Å². The van der Waals surface area contributed by atoms with E-state index in [9.17, 15) is 9.59 Å². The molecule has 5 atom stereocenters. The lowest BCUT2D eigenvalue weighted by Gasteiger charge is -2.33. The molecule has 0 saturated carbocycles. The van der Waals surface area contributed by atoms with Crippen LogP contribution >= 0.6 is 11.8 Å². The van der Waals surface area contributed by atoms with Gasteiger partial charge >= 0.3 is 0 Å². The quantitative estimate of drug-likeness (QED) is 0.632. The molecule has 2 unspecified atom stereocenters. The highest BCUT2D eigenvalue weighted by atomic mass is 32.2. The van der Waals surface area contributed by atoms with E-state index >= 15 is 0 Å². The topological polar surface area (TPSA) is 79.5 Å². The van der Waals surface area contributed by atoms with E-state index in [0.717, 1.165) is 12.1 Å². The van der Waals surface area contributed by atoms with E-state index in [4.69, 9.17) is 4.74 Å². The summed E-state index contributed by atoms with van der Waals surface area (Å²) in [6.07, 6.45) is 7.30. The van der Waals surface area contributed by atoms with Gasteiger partial charge < -0.3 is 20.7 Å². The summed E-state index contributed by atoms with van der Waals surface area (Å²) in [6, 6.07) is 7.68. The molecule has 2 amide bonds. The highest BCUT2D eigenvalue weighted by molar-refractivity contribution is 8.00. The summed E-state index contributed by atoms with van der Waals surface area (Å²) in [5.74, 6) is -0.0682. The SMILES string of the molecule is CC(C)C[C@@H](NC(=O)C1=CC2Nc3ccccc3SC2C=C1)C(=O)N[C@H]1CCO[C@@H]1C. The number of ether oxygens (including phenoxy) is 1. The molecule has 31 heavy (non-hydrogen) atoms. The van der Waals surface area contributed by atoms with Crippen LogP contribution in [0.1, 0.15) is 33.6 Å². The Morgan fingerprint density at radius 3 is 2.84 bits per heavy atom. The molecule has 1 aromatic rings. The molecule has 1 aliphatic carbocycles. The van der Waals surface area contributed by atoms with Crippen LogP contribution in [0.5, 0.6) is 0 Å². The minimum Gasteiger partial charge on any atom is -0.376 e. The van der Waals surface area contributed by atoms with Crippen molar-refractivity contribution in [3.63, 3.8) is 0 Å². The fourth-order valence-electron chi connectivity index (χ4n) is 4.21. The number of thioether (sulfide) groups is 1. The van der Waals surface area contributed by atoms with Crippen LogP contribution in [0.3, 0.4) is 0 Å². The number of para-hydroxylation sites is 1. The second kappa shape index (κ2) is 9.49. The van der Waals surface area contributed by atoms with E-state index in [0.29, 0.717) is 18.6 Å². The molecule has 0 spiro atoms. The Morgan fingerprint density at radius 2 is 2.10 bits per heavy atom. The Balaban J connectivity index is 1.43. The monoisotopic (exact) mass is 441 g/mol. The Kier molecular flexibility index (Phi) is 6.72. The number of anilines is 1. The predicted octanol–water partition coefficient (Wildman–Crippen LogP) is 3.26. The van der Waals surface area contributed by atoms with Crippen LogP contribution in [0, 0.1) is 5.92 Å². The molecule has 3 N–H and O–H groups in total. The van der Waals surface area contributed by atoms with Crippen molar-refractivity contribution in [1.82, 2.24) is 10.6 Å². The van der Waals surface area contributed by atoms with Gasteiger partial charge in [0.05, 0.1) is 23.4 Å². The molecular weight excluding hydrogens is 410 g/mol. The molecule has 4 rings (SSSR count). The molecule has 0 radical (unpaired) electrons. The van der Waals surface area contributed by atoms with Gasteiger partial charge in [0.1, 0.15) is 6.04 Å². The molecule has 1 fully saturated rings. The average molecular weight is 442 g/mol. The minimum atomic E-state index is -0.568. The van der Waals surface area contributed by atoms with Crippen molar-refractivity contribution < 1.29 is 14.3 Å². The summed E-state index contributed by atoms with van der Waals surface area (Å²) in [6.45, 7) is 6.73. The maximum Gasteiger partial charge on any atom is 0.251 e. The van der Waals surface area contributed by atoms with Gasteiger partial charge in [-0.2, -0.15) is 0 Å². The van der Waals surface area contributed by atoms with Gasteiger partial charge in [-0.05, 0) is 43.9 Å². The standard InChI is InChI=1S/C24H31N3O3S/c1-14(2)12-20(24(29)26-17-10-11-30-15(17)3)27-23(28)16-8-9-22-19(13-16)25-18-6-4-5-7-21(18)31-22/h4-9,13-15,17,19-20,22,25H,10-12H2,1-3H3,(H,26,29)(H,27,28)/t15-,17+,19?,20-,22?/m1/s1. The zero-order chi connectivity index (χ0) is 22.0. The first-order valence-corrected chi connectivity index (χ1v) is 11.9. The van der Waals surface area contributed by atoms with E-state index in [1.54, 1.807) is 11.8 Å². The number of carbonyl (C=O) groups excluding carboxylic acids is 2. The van der Waals surface area contributed by atoms with Gasteiger partial charge in [-0.15, -0.1) is 11.8 Å². The van der Waals surface area contributed by atoms with Crippen molar-refractivity contribution in [2.75, 3.05) is 11.9 Å². The lowest BCUT2D eigenvalue weighted by molar-refractivity contribution is -0.128. The number of amides is 2.